The quantitative estimate of drug-likeness (QED) is 0.724. The Labute approximate surface area is 124 Å². The van der Waals surface area contributed by atoms with Crippen LogP contribution in [0.5, 0.6) is 0 Å². The molecule has 1 unspecified atom stereocenters. The van der Waals surface area contributed by atoms with E-state index < -0.39 is 5.97 Å². The summed E-state index contributed by atoms with van der Waals surface area (Å²) in [4.78, 5) is 24.6. The van der Waals surface area contributed by atoms with Crippen LogP contribution in [0.3, 0.4) is 0 Å². The van der Waals surface area contributed by atoms with Crippen molar-refractivity contribution in [3.63, 3.8) is 0 Å². The lowest BCUT2D eigenvalue weighted by molar-refractivity contribution is -0.141. The highest BCUT2D eigenvalue weighted by Crippen LogP contribution is 2.22. The molecule has 4 nitrogen and oxygen atoms in total. The van der Waals surface area contributed by atoms with Crippen molar-refractivity contribution in [1.29, 1.82) is 0 Å². The highest BCUT2D eigenvalue weighted by atomic mass is 32.1. The molecule has 1 rings (SSSR count). The molecular formula is C15H23NO3S. The summed E-state index contributed by atoms with van der Waals surface area (Å²) >= 11 is 1.53. The molecule has 1 aromatic rings. The van der Waals surface area contributed by atoms with Gasteiger partial charge in [-0.05, 0) is 37.8 Å². The third kappa shape index (κ3) is 4.96. The molecule has 0 aliphatic heterocycles. The summed E-state index contributed by atoms with van der Waals surface area (Å²) in [5, 5.41) is 11.6. The minimum atomic E-state index is -0.783. The van der Waals surface area contributed by atoms with E-state index in [4.69, 9.17) is 5.11 Å². The van der Waals surface area contributed by atoms with Crippen molar-refractivity contribution >= 4 is 23.2 Å². The molecule has 0 aliphatic carbocycles. The minimum Gasteiger partial charge on any atom is -0.481 e. The zero-order chi connectivity index (χ0) is 15.1. The molecule has 0 radical (unpaired) electrons. The van der Waals surface area contributed by atoms with E-state index >= 15 is 0 Å². The van der Waals surface area contributed by atoms with Gasteiger partial charge in [-0.1, -0.05) is 20.3 Å². The van der Waals surface area contributed by atoms with E-state index in [1.54, 1.807) is 6.92 Å². The van der Waals surface area contributed by atoms with Crippen molar-refractivity contribution in [2.24, 2.45) is 5.92 Å². The Balaban J connectivity index is 2.39. The van der Waals surface area contributed by atoms with Crippen LogP contribution in [-0.4, -0.2) is 23.5 Å². The zero-order valence-electron chi connectivity index (χ0n) is 12.4. The van der Waals surface area contributed by atoms with Gasteiger partial charge in [-0.25, -0.2) is 0 Å². The van der Waals surface area contributed by atoms with E-state index in [0.29, 0.717) is 19.4 Å². The monoisotopic (exact) mass is 297 g/mol. The number of amides is 1. The highest BCUT2D eigenvalue weighted by molar-refractivity contribution is 7.14. The Kier molecular flexibility index (Phi) is 6.71. The number of rotatable bonds is 8. The molecule has 1 aromatic heterocycles. The highest BCUT2D eigenvalue weighted by Gasteiger charge is 2.13. The van der Waals surface area contributed by atoms with Crippen LogP contribution in [0, 0.1) is 12.8 Å². The number of nitrogens with one attached hydrogen (secondary N) is 1. The van der Waals surface area contributed by atoms with E-state index in [2.05, 4.69) is 12.2 Å². The van der Waals surface area contributed by atoms with Crippen LogP contribution in [0.15, 0.2) is 6.07 Å². The SMILES string of the molecule is CCCc1cc(C(=O)NCCCC(C)C(=O)O)sc1C. The lowest BCUT2D eigenvalue weighted by atomic mass is 10.1. The first kappa shape index (κ1) is 16.7. The predicted octanol–water partition coefficient (Wildman–Crippen LogP) is 3.24. The normalized spacial score (nSPS) is 12.2. The largest absolute Gasteiger partial charge is 0.481 e. The number of hydrogen-bond donors (Lipinski definition) is 2. The second-order valence-electron chi connectivity index (χ2n) is 5.08. The summed E-state index contributed by atoms with van der Waals surface area (Å²) in [5.74, 6) is -1.19. The molecule has 0 saturated heterocycles. The number of carboxylic acids is 1. The molecule has 1 amide bonds. The maximum atomic E-state index is 12.0. The van der Waals surface area contributed by atoms with Gasteiger partial charge in [0.15, 0.2) is 0 Å². The molecule has 0 spiro atoms. The molecule has 20 heavy (non-hydrogen) atoms. The molecule has 0 aliphatic rings. The molecule has 1 atom stereocenters. The summed E-state index contributed by atoms with van der Waals surface area (Å²) in [7, 11) is 0. The fourth-order valence-electron chi connectivity index (χ4n) is 1.97. The third-order valence-corrected chi connectivity index (χ3v) is 4.38. The molecule has 0 saturated carbocycles. The predicted molar refractivity (Wildman–Crippen MR) is 81.4 cm³/mol. The Bertz CT molecular complexity index is 468. The molecular weight excluding hydrogens is 274 g/mol. The first-order chi connectivity index (χ1) is 9.45. The van der Waals surface area contributed by atoms with Gasteiger partial charge in [-0.2, -0.15) is 0 Å². The maximum Gasteiger partial charge on any atom is 0.306 e. The first-order valence-electron chi connectivity index (χ1n) is 7.06. The number of hydrogen-bond acceptors (Lipinski definition) is 3. The van der Waals surface area contributed by atoms with Gasteiger partial charge in [0.25, 0.3) is 5.91 Å². The van der Waals surface area contributed by atoms with E-state index in [1.165, 1.54) is 21.8 Å². The summed E-state index contributed by atoms with van der Waals surface area (Å²) in [5.41, 5.74) is 1.25. The van der Waals surface area contributed by atoms with Crippen LogP contribution in [0.1, 0.15) is 53.2 Å². The van der Waals surface area contributed by atoms with Crippen LogP contribution in [0.2, 0.25) is 0 Å². The number of aryl methyl sites for hydroxylation is 2. The van der Waals surface area contributed by atoms with Gasteiger partial charge in [-0.15, -0.1) is 11.3 Å². The van der Waals surface area contributed by atoms with Crippen LogP contribution >= 0.6 is 11.3 Å². The Morgan fingerprint density at radius 1 is 1.45 bits per heavy atom. The van der Waals surface area contributed by atoms with Crippen molar-refractivity contribution in [2.75, 3.05) is 6.54 Å². The van der Waals surface area contributed by atoms with Crippen molar-refractivity contribution in [1.82, 2.24) is 5.32 Å². The Morgan fingerprint density at radius 3 is 2.75 bits per heavy atom. The number of carbonyl (C=O) groups is 2. The van der Waals surface area contributed by atoms with Gasteiger partial charge in [0.05, 0.1) is 10.8 Å². The van der Waals surface area contributed by atoms with Crippen molar-refractivity contribution in [2.45, 2.75) is 46.5 Å². The molecule has 1 heterocycles. The number of carboxylic acid groups (broad SMARTS) is 1. The van der Waals surface area contributed by atoms with Crippen molar-refractivity contribution in [3.05, 3.63) is 21.4 Å². The average Bonchev–Trinajstić information content (AvgIpc) is 2.76. The summed E-state index contributed by atoms with van der Waals surface area (Å²) in [6.45, 7) is 6.38. The third-order valence-electron chi connectivity index (χ3n) is 3.28. The van der Waals surface area contributed by atoms with Gasteiger partial charge in [0, 0.05) is 11.4 Å². The zero-order valence-corrected chi connectivity index (χ0v) is 13.2. The number of aliphatic carboxylic acids is 1. The molecule has 0 fully saturated rings. The second-order valence-corrected chi connectivity index (χ2v) is 6.34. The van der Waals surface area contributed by atoms with Crippen LogP contribution in [-0.2, 0) is 11.2 Å². The van der Waals surface area contributed by atoms with Crippen LogP contribution in [0.4, 0.5) is 0 Å². The summed E-state index contributed by atoms with van der Waals surface area (Å²) in [6, 6.07) is 1.97. The maximum absolute atomic E-state index is 12.0. The van der Waals surface area contributed by atoms with Crippen molar-refractivity contribution in [3.8, 4) is 0 Å². The lowest BCUT2D eigenvalue weighted by Gasteiger charge is -2.06. The summed E-state index contributed by atoms with van der Waals surface area (Å²) in [6.07, 6.45) is 3.35. The molecule has 2 N–H and O–H groups in total. The summed E-state index contributed by atoms with van der Waals surface area (Å²) < 4.78 is 0. The molecule has 112 valence electrons. The molecule has 0 aromatic carbocycles. The van der Waals surface area contributed by atoms with E-state index in [-0.39, 0.29) is 11.8 Å². The Morgan fingerprint density at radius 2 is 2.15 bits per heavy atom. The Hall–Kier alpha value is -1.36. The molecule has 5 heteroatoms. The van der Waals surface area contributed by atoms with Gasteiger partial charge < -0.3 is 10.4 Å². The van der Waals surface area contributed by atoms with Crippen molar-refractivity contribution < 1.29 is 14.7 Å². The minimum absolute atomic E-state index is 0.0524. The first-order valence-corrected chi connectivity index (χ1v) is 7.87. The van der Waals surface area contributed by atoms with Crippen LogP contribution in [0.25, 0.3) is 0 Å². The van der Waals surface area contributed by atoms with Gasteiger partial charge in [0.1, 0.15) is 0 Å². The van der Waals surface area contributed by atoms with E-state index in [1.807, 2.05) is 13.0 Å². The van der Waals surface area contributed by atoms with E-state index in [9.17, 15) is 9.59 Å². The van der Waals surface area contributed by atoms with Crippen LogP contribution < -0.4 is 5.32 Å². The molecule has 0 bridgehead atoms. The number of thiophene rings is 1. The topological polar surface area (TPSA) is 66.4 Å². The van der Waals surface area contributed by atoms with E-state index in [0.717, 1.165) is 17.7 Å². The van der Waals surface area contributed by atoms with Gasteiger partial charge in [-0.3, -0.25) is 9.59 Å². The average molecular weight is 297 g/mol. The number of carbonyl (C=O) groups excluding carboxylic acids is 1. The fourth-order valence-corrected chi connectivity index (χ4v) is 2.96. The van der Waals surface area contributed by atoms with Gasteiger partial charge >= 0.3 is 5.97 Å². The lowest BCUT2D eigenvalue weighted by Crippen LogP contribution is -2.24. The second kappa shape index (κ2) is 8.04. The van der Waals surface area contributed by atoms with Gasteiger partial charge in [0.2, 0.25) is 0 Å². The standard InChI is InChI=1S/C15H23NO3S/c1-4-6-12-9-13(20-11(12)3)14(17)16-8-5-7-10(2)15(18)19/h9-10H,4-8H2,1-3H3,(H,16,17)(H,18,19). The fraction of sp³-hybridized carbons (Fsp3) is 0.600. The smallest absolute Gasteiger partial charge is 0.306 e.